The summed E-state index contributed by atoms with van der Waals surface area (Å²) in [5.74, 6) is -1.25. The van der Waals surface area contributed by atoms with Crippen LogP contribution in [0.15, 0.2) is 18.2 Å². The van der Waals surface area contributed by atoms with Gasteiger partial charge >= 0.3 is 0 Å². The lowest BCUT2D eigenvalue weighted by Crippen LogP contribution is -2.54. The van der Waals surface area contributed by atoms with Crippen LogP contribution in [0.5, 0.6) is 0 Å². The summed E-state index contributed by atoms with van der Waals surface area (Å²) < 4.78 is 26.5. The van der Waals surface area contributed by atoms with Gasteiger partial charge < -0.3 is 15.5 Å². The van der Waals surface area contributed by atoms with Gasteiger partial charge in [-0.15, -0.1) is 0 Å². The maximum atomic E-state index is 13.6. The van der Waals surface area contributed by atoms with Crippen molar-refractivity contribution < 1.29 is 8.78 Å². The molecule has 22 heavy (non-hydrogen) atoms. The van der Waals surface area contributed by atoms with Crippen molar-refractivity contribution in [3.05, 3.63) is 29.8 Å². The number of halogens is 2. The SMILES string of the molecule is CN(C)C1(CNC(=S)Nc2ccc(F)cc2F)CCCCC1. The summed E-state index contributed by atoms with van der Waals surface area (Å²) in [6.07, 6.45) is 5.96. The highest BCUT2D eigenvalue weighted by Crippen LogP contribution is 2.31. The smallest absolute Gasteiger partial charge is 0.170 e. The number of rotatable bonds is 4. The summed E-state index contributed by atoms with van der Waals surface area (Å²) in [6.45, 7) is 0.717. The van der Waals surface area contributed by atoms with Gasteiger partial charge in [-0.25, -0.2) is 8.78 Å². The summed E-state index contributed by atoms with van der Waals surface area (Å²) in [6, 6.07) is 3.39. The molecule has 1 fully saturated rings. The lowest BCUT2D eigenvalue weighted by molar-refractivity contribution is 0.104. The molecule has 0 amide bonds. The molecule has 1 aliphatic rings. The minimum Gasteiger partial charge on any atom is -0.361 e. The maximum absolute atomic E-state index is 13.6. The van der Waals surface area contributed by atoms with Crippen LogP contribution in [0.3, 0.4) is 0 Å². The van der Waals surface area contributed by atoms with Crippen molar-refractivity contribution in [1.29, 1.82) is 0 Å². The zero-order valence-corrected chi connectivity index (χ0v) is 13.9. The molecule has 0 spiro atoms. The lowest BCUT2D eigenvalue weighted by atomic mass is 9.80. The lowest BCUT2D eigenvalue weighted by Gasteiger charge is -2.43. The highest BCUT2D eigenvalue weighted by atomic mass is 32.1. The van der Waals surface area contributed by atoms with Crippen LogP contribution in [-0.2, 0) is 0 Å². The van der Waals surface area contributed by atoms with Gasteiger partial charge in [-0.3, -0.25) is 0 Å². The van der Waals surface area contributed by atoms with Gasteiger partial charge in [0.05, 0.1) is 5.69 Å². The Hall–Kier alpha value is -1.27. The Kier molecular flexibility index (Phi) is 5.69. The van der Waals surface area contributed by atoms with E-state index in [2.05, 4.69) is 29.6 Å². The van der Waals surface area contributed by atoms with E-state index in [0.29, 0.717) is 11.7 Å². The number of nitrogens with zero attached hydrogens (tertiary/aromatic N) is 1. The first-order chi connectivity index (χ1) is 10.4. The molecular weight excluding hydrogens is 304 g/mol. The Morgan fingerprint density at radius 1 is 1.23 bits per heavy atom. The van der Waals surface area contributed by atoms with E-state index in [1.807, 2.05) is 0 Å². The van der Waals surface area contributed by atoms with Crippen LogP contribution in [0.2, 0.25) is 0 Å². The molecule has 2 rings (SSSR count). The molecule has 1 aliphatic carbocycles. The Morgan fingerprint density at radius 2 is 1.91 bits per heavy atom. The summed E-state index contributed by atoms with van der Waals surface area (Å²) >= 11 is 5.23. The molecule has 0 aromatic heterocycles. The molecule has 0 unspecified atom stereocenters. The minimum atomic E-state index is -0.649. The highest BCUT2D eigenvalue weighted by Gasteiger charge is 2.34. The van der Waals surface area contributed by atoms with Gasteiger partial charge in [0.15, 0.2) is 5.11 Å². The van der Waals surface area contributed by atoms with Crippen molar-refractivity contribution >= 4 is 23.0 Å². The predicted molar refractivity (Wildman–Crippen MR) is 90.1 cm³/mol. The van der Waals surface area contributed by atoms with Crippen LogP contribution in [0.1, 0.15) is 32.1 Å². The molecule has 3 nitrogen and oxygen atoms in total. The zero-order chi connectivity index (χ0) is 16.2. The number of nitrogens with one attached hydrogen (secondary N) is 2. The topological polar surface area (TPSA) is 27.3 Å². The fraction of sp³-hybridized carbons (Fsp3) is 0.562. The largest absolute Gasteiger partial charge is 0.361 e. The van der Waals surface area contributed by atoms with E-state index in [9.17, 15) is 8.78 Å². The summed E-state index contributed by atoms with van der Waals surface area (Å²) in [5.41, 5.74) is 0.271. The Balaban J connectivity index is 1.93. The molecule has 122 valence electrons. The number of likely N-dealkylation sites (N-methyl/N-ethyl adjacent to an activating group) is 1. The van der Waals surface area contributed by atoms with Gasteiger partial charge in [0, 0.05) is 18.2 Å². The average Bonchev–Trinajstić information content (AvgIpc) is 2.49. The molecule has 1 aromatic carbocycles. The van der Waals surface area contributed by atoms with E-state index in [1.165, 1.54) is 31.4 Å². The Morgan fingerprint density at radius 3 is 2.50 bits per heavy atom. The van der Waals surface area contributed by atoms with Crippen molar-refractivity contribution in [3.63, 3.8) is 0 Å². The van der Waals surface area contributed by atoms with Crippen LogP contribution >= 0.6 is 12.2 Å². The molecular formula is C16H23F2N3S. The minimum absolute atomic E-state index is 0.0886. The van der Waals surface area contributed by atoms with Crippen molar-refractivity contribution in [2.75, 3.05) is 26.0 Å². The Bertz CT molecular complexity index is 528. The molecule has 0 heterocycles. The molecule has 0 aliphatic heterocycles. The summed E-state index contributed by atoms with van der Waals surface area (Å²) in [7, 11) is 4.17. The third-order valence-electron chi connectivity index (χ3n) is 4.49. The number of anilines is 1. The molecule has 6 heteroatoms. The zero-order valence-electron chi connectivity index (χ0n) is 13.1. The van der Waals surface area contributed by atoms with Crippen LogP contribution in [0.25, 0.3) is 0 Å². The van der Waals surface area contributed by atoms with Crippen LogP contribution < -0.4 is 10.6 Å². The second-order valence-electron chi connectivity index (χ2n) is 6.11. The van der Waals surface area contributed by atoms with Crippen LogP contribution in [-0.4, -0.2) is 36.2 Å². The first kappa shape index (κ1) is 17.1. The summed E-state index contributed by atoms with van der Waals surface area (Å²) in [5, 5.41) is 6.34. The van der Waals surface area contributed by atoms with Crippen LogP contribution in [0.4, 0.5) is 14.5 Å². The normalized spacial score (nSPS) is 17.3. The predicted octanol–water partition coefficient (Wildman–Crippen LogP) is 3.52. The first-order valence-electron chi connectivity index (χ1n) is 7.60. The van der Waals surface area contributed by atoms with E-state index in [4.69, 9.17) is 12.2 Å². The van der Waals surface area contributed by atoms with Crippen molar-refractivity contribution in [2.24, 2.45) is 0 Å². The van der Waals surface area contributed by atoms with E-state index >= 15 is 0 Å². The van der Waals surface area contributed by atoms with Crippen LogP contribution in [0, 0.1) is 11.6 Å². The number of thiocarbonyl (C=S) groups is 1. The van der Waals surface area contributed by atoms with Gasteiger partial charge in [0.2, 0.25) is 0 Å². The molecule has 1 aromatic rings. The van der Waals surface area contributed by atoms with Gasteiger partial charge in [-0.2, -0.15) is 0 Å². The van der Waals surface area contributed by atoms with E-state index < -0.39 is 11.6 Å². The average molecular weight is 327 g/mol. The fourth-order valence-corrected chi connectivity index (χ4v) is 3.18. The molecule has 1 saturated carbocycles. The fourth-order valence-electron chi connectivity index (χ4n) is 2.99. The van der Waals surface area contributed by atoms with E-state index in [1.54, 1.807) is 0 Å². The van der Waals surface area contributed by atoms with Crippen molar-refractivity contribution in [2.45, 2.75) is 37.6 Å². The van der Waals surface area contributed by atoms with Gasteiger partial charge in [0.25, 0.3) is 0 Å². The molecule has 0 radical (unpaired) electrons. The number of benzene rings is 1. The van der Waals surface area contributed by atoms with Crippen molar-refractivity contribution in [3.8, 4) is 0 Å². The monoisotopic (exact) mass is 327 g/mol. The quantitative estimate of drug-likeness (QED) is 0.828. The van der Waals surface area contributed by atoms with Crippen molar-refractivity contribution in [1.82, 2.24) is 10.2 Å². The van der Waals surface area contributed by atoms with Gasteiger partial charge in [0.1, 0.15) is 11.6 Å². The standard InChI is InChI=1S/C16H23F2N3S/c1-21(2)16(8-4-3-5-9-16)11-19-15(22)20-14-7-6-12(17)10-13(14)18/h6-7,10H,3-5,8-9,11H2,1-2H3,(H2,19,20,22). The molecule has 0 saturated heterocycles. The van der Waals surface area contributed by atoms with Gasteiger partial charge in [-0.05, 0) is 51.3 Å². The molecule has 0 bridgehead atoms. The maximum Gasteiger partial charge on any atom is 0.170 e. The van der Waals surface area contributed by atoms with Gasteiger partial charge in [-0.1, -0.05) is 19.3 Å². The summed E-state index contributed by atoms with van der Waals surface area (Å²) in [4.78, 5) is 2.25. The first-order valence-corrected chi connectivity index (χ1v) is 8.01. The number of hydrogen-bond donors (Lipinski definition) is 2. The number of hydrogen-bond acceptors (Lipinski definition) is 2. The third-order valence-corrected chi connectivity index (χ3v) is 4.74. The second kappa shape index (κ2) is 7.33. The molecule has 0 atom stereocenters. The third kappa shape index (κ3) is 4.14. The van der Waals surface area contributed by atoms with E-state index in [0.717, 1.165) is 18.9 Å². The Labute approximate surface area is 136 Å². The molecule has 2 N–H and O–H groups in total. The second-order valence-corrected chi connectivity index (χ2v) is 6.52. The highest BCUT2D eigenvalue weighted by molar-refractivity contribution is 7.80. The van der Waals surface area contributed by atoms with E-state index in [-0.39, 0.29) is 11.2 Å².